The van der Waals surface area contributed by atoms with Gasteiger partial charge in [-0.05, 0) is 31.5 Å². The van der Waals surface area contributed by atoms with E-state index < -0.39 is 0 Å². The Labute approximate surface area is 126 Å². The van der Waals surface area contributed by atoms with Gasteiger partial charge in [-0.2, -0.15) is 0 Å². The van der Waals surface area contributed by atoms with Crippen LogP contribution in [0, 0.1) is 0 Å². The van der Waals surface area contributed by atoms with Gasteiger partial charge in [0, 0.05) is 19.6 Å². The van der Waals surface area contributed by atoms with Crippen molar-refractivity contribution >= 4 is 29.9 Å². The van der Waals surface area contributed by atoms with Crippen molar-refractivity contribution in [2.45, 2.75) is 26.4 Å². The number of hydrogen-bond acceptors (Lipinski definition) is 2. The summed E-state index contributed by atoms with van der Waals surface area (Å²) in [7, 11) is 3.44. The van der Waals surface area contributed by atoms with Gasteiger partial charge in [0.1, 0.15) is 5.75 Å². The second-order valence-electron chi connectivity index (χ2n) is 4.07. The number of hydrogen-bond donors (Lipinski definition) is 2. The SMILES string of the molecule is CN=C(NCc1ccc(OC)cc1)NC(C)C.I. The van der Waals surface area contributed by atoms with E-state index in [1.807, 2.05) is 24.3 Å². The van der Waals surface area contributed by atoms with Crippen LogP contribution < -0.4 is 15.4 Å². The summed E-state index contributed by atoms with van der Waals surface area (Å²) < 4.78 is 5.11. The minimum Gasteiger partial charge on any atom is -0.497 e. The molecule has 1 aromatic rings. The van der Waals surface area contributed by atoms with E-state index in [1.165, 1.54) is 5.56 Å². The molecule has 0 atom stereocenters. The summed E-state index contributed by atoms with van der Waals surface area (Å²) in [6, 6.07) is 8.35. The Kier molecular flexibility index (Phi) is 8.53. The minimum atomic E-state index is 0. The highest BCUT2D eigenvalue weighted by Crippen LogP contribution is 2.10. The van der Waals surface area contributed by atoms with E-state index in [9.17, 15) is 0 Å². The quantitative estimate of drug-likeness (QED) is 0.491. The highest BCUT2D eigenvalue weighted by atomic mass is 127. The van der Waals surface area contributed by atoms with Gasteiger partial charge in [-0.3, -0.25) is 4.99 Å². The average Bonchev–Trinajstić information content (AvgIpc) is 2.34. The second kappa shape index (κ2) is 9.02. The summed E-state index contributed by atoms with van der Waals surface area (Å²) in [6.07, 6.45) is 0. The molecule has 0 aliphatic rings. The maximum atomic E-state index is 5.11. The molecule has 0 radical (unpaired) electrons. The van der Waals surface area contributed by atoms with Crippen molar-refractivity contribution in [3.63, 3.8) is 0 Å². The van der Waals surface area contributed by atoms with Gasteiger partial charge in [-0.25, -0.2) is 0 Å². The Morgan fingerprint density at radius 3 is 2.33 bits per heavy atom. The van der Waals surface area contributed by atoms with Crippen LogP contribution in [0.4, 0.5) is 0 Å². The van der Waals surface area contributed by atoms with Crippen LogP contribution in [-0.4, -0.2) is 26.2 Å². The van der Waals surface area contributed by atoms with E-state index in [0.29, 0.717) is 6.04 Å². The number of methoxy groups -OCH3 is 1. The monoisotopic (exact) mass is 363 g/mol. The lowest BCUT2D eigenvalue weighted by Gasteiger charge is -2.14. The molecule has 1 aromatic carbocycles. The highest BCUT2D eigenvalue weighted by Gasteiger charge is 2.00. The first kappa shape index (κ1) is 17.0. The third kappa shape index (κ3) is 6.09. The lowest BCUT2D eigenvalue weighted by atomic mass is 10.2. The topological polar surface area (TPSA) is 45.7 Å². The molecule has 0 aliphatic carbocycles. The van der Waals surface area contributed by atoms with Gasteiger partial charge >= 0.3 is 0 Å². The van der Waals surface area contributed by atoms with Gasteiger partial charge in [0.2, 0.25) is 0 Å². The van der Waals surface area contributed by atoms with E-state index in [0.717, 1.165) is 18.3 Å². The number of nitrogens with one attached hydrogen (secondary N) is 2. The summed E-state index contributed by atoms with van der Waals surface area (Å²) in [6.45, 7) is 4.91. The largest absolute Gasteiger partial charge is 0.497 e. The van der Waals surface area contributed by atoms with Crippen molar-refractivity contribution in [3.05, 3.63) is 29.8 Å². The maximum Gasteiger partial charge on any atom is 0.191 e. The molecule has 0 spiro atoms. The first-order chi connectivity index (χ1) is 8.15. The van der Waals surface area contributed by atoms with Crippen LogP contribution in [0.3, 0.4) is 0 Å². The standard InChI is InChI=1S/C13H21N3O.HI/c1-10(2)16-13(14-3)15-9-11-5-7-12(17-4)8-6-11;/h5-8,10H,9H2,1-4H3,(H2,14,15,16);1H. The van der Waals surface area contributed by atoms with Crippen molar-refractivity contribution in [2.24, 2.45) is 4.99 Å². The number of aliphatic imine (C=N–C) groups is 1. The Hall–Kier alpha value is -0.980. The molecule has 0 bridgehead atoms. The Bertz CT molecular complexity index is 363. The molecule has 0 aromatic heterocycles. The zero-order valence-corrected chi connectivity index (χ0v) is 13.7. The molecule has 0 fully saturated rings. The van der Waals surface area contributed by atoms with Gasteiger partial charge in [0.15, 0.2) is 5.96 Å². The number of benzene rings is 1. The zero-order valence-electron chi connectivity index (χ0n) is 11.4. The van der Waals surface area contributed by atoms with E-state index in [4.69, 9.17) is 4.74 Å². The molecule has 1 rings (SSSR count). The van der Waals surface area contributed by atoms with E-state index >= 15 is 0 Å². The Balaban J connectivity index is 0.00000289. The predicted molar refractivity (Wildman–Crippen MR) is 86.9 cm³/mol. The normalized spacial score (nSPS) is 10.8. The Morgan fingerprint density at radius 1 is 1.28 bits per heavy atom. The molecule has 0 saturated heterocycles. The van der Waals surface area contributed by atoms with Crippen LogP contribution in [0.15, 0.2) is 29.3 Å². The first-order valence-electron chi connectivity index (χ1n) is 5.76. The molecule has 18 heavy (non-hydrogen) atoms. The lowest BCUT2D eigenvalue weighted by Crippen LogP contribution is -2.40. The molecule has 102 valence electrons. The smallest absolute Gasteiger partial charge is 0.191 e. The molecule has 5 heteroatoms. The molecule has 4 nitrogen and oxygen atoms in total. The molecule has 0 unspecified atom stereocenters. The fourth-order valence-electron chi connectivity index (χ4n) is 1.40. The summed E-state index contributed by atoms with van der Waals surface area (Å²) in [5.41, 5.74) is 1.19. The molecule has 0 saturated carbocycles. The lowest BCUT2D eigenvalue weighted by molar-refractivity contribution is 0.414. The fourth-order valence-corrected chi connectivity index (χ4v) is 1.40. The van der Waals surface area contributed by atoms with Crippen LogP contribution in [0.5, 0.6) is 5.75 Å². The van der Waals surface area contributed by atoms with Crippen LogP contribution in [-0.2, 0) is 6.54 Å². The Morgan fingerprint density at radius 2 is 1.89 bits per heavy atom. The van der Waals surface area contributed by atoms with Crippen LogP contribution >= 0.6 is 24.0 Å². The molecular weight excluding hydrogens is 341 g/mol. The third-order valence-electron chi connectivity index (χ3n) is 2.27. The molecule has 0 heterocycles. The van der Waals surface area contributed by atoms with Gasteiger partial charge in [-0.15, -0.1) is 24.0 Å². The number of guanidine groups is 1. The van der Waals surface area contributed by atoms with Crippen molar-refractivity contribution in [2.75, 3.05) is 14.2 Å². The van der Waals surface area contributed by atoms with E-state index in [2.05, 4.69) is 29.5 Å². The molecule has 0 aliphatic heterocycles. The van der Waals surface area contributed by atoms with E-state index in [1.54, 1.807) is 14.2 Å². The van der Waals surface area contributed by atoms with Crippen molar-refractivity contribution in [1.29, 1.82) is 0 Å². The van der Waals surface area contributed by atoms with Crippen LogP contribution in [0.25, 0.3) is 0 Å². The van der Waals surface area contributed by atoms with Crippen molar-refractivity contribution < 1.29 is 4.74 Å². The van der Waals surface area contributed by atoms with Crippen LogP contribution in [0.2, 0.25) is 0 Å². The molecular formula is C13H22IN3O. The highest BCUT2D eigenvalue weighted by molar-refractivity contribution is 14.0. The zero-order chi connectivity index (χ0) is 12.7. The summed E-state index contributed by atoms with van der Waals surface area (Å²) >= 11 is 0. The number of nitrogens with zero attached hydrogens (tertiary/aromatic N) is 1. The third-order valence-corrected chi connectivity index (χ3v) is 2.27. The summed E-state index contributed by atoms with van der Waals surface area (Å²) in [4.78, 5) is 4.15. The van der Waals surface area contributed by atoms with Crippen LogP contribution in [0.1, 0.15) is 19.4 Å². The van der Waals surface area contributed by atoms with Gasteiger partial charge in [-0.1, -0.05) is 12.1 Å². The first-order valence-corrected chi connectivity index (χ1v) is 5.76. The van der Waals surface area contributed by atoms with Crippen molar-refractivity contribution in [1.82, 2.24) is 10.6 Å². The second-order valence-corrected chi connectivity index (χ2v) is 4.07. The maximum absolute atomic E-state index is 5.11. The number of ether oxygens (including phenoxy) is 1. The fraction of sp³-hybridized carbons (Fsp3) is 0.462. The number of halogens is 1. The molecule has 2 N–H and O–H groups in total. The minimum absolute atomic E-state index is 0. The van der Waals surface area contributed by atoms with E-state index in [-0.39, 0.29) is 24.0 Å². The summed E-state index contributed by atoms with van der Waals surface area (Å²) in [5, 5.41) is 6.49. The van der Waals surface area contributed by atoms with Crippen molar-refractivity contribution in [3.8, 4) is 5.75 Å². The molecule has 0 amide bonds. The summed E-state index contributed by atoms with van der Waals surface area (Å²) in [5.74, 6) is 1.69. The predicted octanol–water partition coefficient (Wildman–Crippen LogP) is 2.39. The van der Waals surface area contributed by atoms with Gasteiger partial charge in [0.25, 0.3) is 0 Å². The number of rotatable bonds is 4. The van der Waals surface area contributed by atoms with Gasteiger partial charge in [0.05, 0.1) is 7.11 Å². The van der Waals surface area contributed by atoms with Gasteiger partial charge < -0.3 is 15.4 Å². The average molecular weight is 363 g/mol.